The number of rotatable bonds is 5. The minimum absolute atomic E-state index is 0.738. The van der Waals surface area contributed by atoms with Gasteiger partial charge in [-0.05, 0) is 26.8 Å². The Bertz CT molecular complexity index is 519. The zero-order chi connectivity index (χ0) is 13.0. The lowest BCUT2D eigenvalue weighted by Gasteiger charge is -2.09. The lowest BCUT2D eigenvalue weighted by Crippen LogP contribution is -2.17. The number of hydrogen-bond acceptors (Lipinski definition) is 5. The van der Waals surface area contributed by atoms with Crippen molar-refractivity contribution >= 4 is 0 Å². The molecule has 0 aliphatic carbocycles. The third-order valence-corrected chi connectivity index (χ3v) is 2.58. The number of aryl methyl sites for hydroxylation is 2. The van der Waals surface area contributed by atoms with E-state index in [1.807, 2.05) is 20.0 Å². The van der Waals surface area contributed by atoms with Gasteiger partial charge in [-0.1, -0.05) is 6.92 Å². The van der Waals surface area contributed by atoms with Crippen LogP contribution in [0.4, 0.5) is 0 Å². The Hall–Kier alpha value is -1.82. The molecule has 6 heteroatoms. The van der Waals surface area contributed by atoms with Gasteiger partial charge in [-0.15, -0.1) is 5.10 Å². The molecule has 2 rings (SSSR count). The molecule has 0 fully saturated rings. The topological polar surface area (TPSA) is 68.5 Å². The minimum atomic E-state index is 0.738. The Morgan fingerprint density at radius 2 is 2.17 bits per heavy atom. The summed E-state index contributed by atoms with van der Waals surface area (Å²) in [5.74, 6) is 2.38. The summed E-state index contributed by atoms with van der Waals surface area (Å²) in [7, 11) is 0. The third kappa shape index (κ3) is 2.70. The summed E-state index contributed by atoms with van der Waals surface area (Å²) in [4.78, 5) is 12.7. The van der Waals surface area contributed by atoms with Crippen LogP contribution < -0.4 is 5.32 Å². The number of nitrogens with zero attached hydrogens (tertiary/aromatic N) is 5. The first kappa shape index (κ1) is 12.6. The van der Waals surface area contributed by atoms with Crippen LogP contribution in [0.5, 0.6) is 0 Å². The maximum absolute atomic E-state index is 4.36. The SMILES string of the molecule is CCCNCc1cncnc1-n1nc(C)nc1C. The molecule has 0 spiro atoms. The molecule has 0 unspecified atom stereocenters. The summed E-state index contributed by atoms with van der Waals surface area (Å²) in [6, 6.07) is 0. The van der Waals surface area contributed by atoms with E-state index in [0.29, 0.717) is 0 Å². The molecule has 0 aromatic carbocycles. The summed E-state index contributed by atoms with van der Waals surface area (Å²) in [6.07, 6.45) is 4.46. The highest BCUT2D eigenvalue weighted by molar-refractivity contribution is 5.31. The van der Waals surface area contributed by atoms with Crippen LogP contribution in [0.25, 0.3) is 5.82 Å². The summed E-state index contributed by atoms with van der Waals surface area (Å²) in [5.41, 5.74) is 1.03. The van der Waals surface area contributed by atoms with Crippen LogP contribution in [0.2, 0.25) is 0 Å². The smallest absolute Gasteiger partial charge is 0.163 e. The van der Waals surface area contributed by atoms with E-state index in [2.05, 4.69) is 32.3 Å². The van der Waals surface area contributed by atoms with E-state index in [-0.39, 0.29) is 0 Å². The highest BCUT2D eigenvalue weighted by atomic mass is 15.4. The quantitative estimate of drug-likeness (QED) is 0.802. The fourth-order valence-electron chi connectivity index (χ4n) is 1.79. The molecule has 18 heavy (non-hydrogen) atoms. The molecule has 2 heterocycles. The minimum Gasteiger partial charge on any atom is -0.312 e. The van der Waals surface area contributed by atoms with Crippen LogP contribution >= 0.6 is 0 Å². The van der Waals surface area contributed by atoms with Gasteiger partial charge in [-0.25, -0.2) is 15.0 Å². The normalized spacial score (nSPS) is 10.8. The maximum atomic E-state index is 4.36. The van der Waals surface area contributed by atoms with Crippen molar-refractivity contribution in [3.8, 4) is 5.82 Å². The van der Waals surface area contributed by atoms with Gasteiger partial charge in [0.15, 0.2) is 5.82 Å². The Kier molecular flexibility index (Phi) is 3.99. The van der Waals surface area contributed by atoms with Crippen molar-refractivity contribution in [3.63, 3.8) is 0 Å². The van der Waals surface area contributed by atoms with Gasteiger partial charge in [0, 0.05) is 18.3 Å². The Balaban J connectivity index is 2.29. The van der Waals surface area contributed by atoms with Crippen molar-refractivity contribution in [1.82, 2.24) is 30.0 Å². The molecule has 2 aromatic heterocycles. The van der Waals surface area contributed by atoms with Crippen molar-refractivity contribution in [1.29, 1.82) is 0 Å². The molecule has 0 saturated heterocycles. The van der Waals surface area contributed by atoms with E-state index >= 15 is 0 Å². The first-order chi connectivity index (χ1) is 8.72. The molecule has 0 atom stereocenters. The van der Waals surface area contributed by atoms with E-state index in [1.54, 1.807) is 4.68 Å². The van der Waals surface area contributed by atoms with Crippen LogP contribution in [0.1, 0.15) is 30.6 Å². The maximum Gasteiger partial charge on any atom is 0.163 e. The van der Waals surface area contributed by atoms with Crippen molar-refractivity contribution in [2.75, 3.05) is 6.54 Å². The average molecular weight is 246 g/mol. The predicted octanol–water partition coefficient (Wildman–Crippen LogP) is 1.17. The lowest BCUT2D eigenvalue weighted by molar-refractivity contribution is 0.661. The molecule has 6 nitrogen and oxygen atoms in total. The zero-order valence-electron chi connectivity index (χ0n) is 11.0. The Labute approximate surface area is 106 Å². The summed E-state index contributed by atoms with van der Waals surface area (Å²) in [6.45, 7) is 7.65. The second-order valence-corrected chi connectivity index (χ2v) is 4.17. The van der Waals surface area contributed by atoms with Gasteiger partial charge in [0.05, 0.1) is 0 Å². The van der Waals surface area contributed by atoms with Gasteiger partial charge < -0.3 is 5.32 Å². The van der Waals surface area contributed by atoms with Crippen LogP contribution in [-0.4, -0.2) is 31.3 Å². The second-order valence-electron chi connectivity index (χ2n) is 4.17. The van der Waals surface area contributed by atoms with Crippen molar-refractivity contribution < 1.29 is 0 Å². The molecule has 0 amide bonds. The van der Waals surface area contributed by atoms with Crippen LogP contribution in [0.15, 0.2) is 12.5 Å². The van der Waals surface area contributed by atoms with Gasteiger partial charge >= 0.3 is 0 Å². The van der Waals surface area contributed by atoms with E-state index in [9.17, 15) is 0 Å². The predicted molar refractivity (Wildman–Crippen MR) is 68.4 cm³/mol. The van der Waals surface area contributed by atoms with Crippen molar-refractivity contribution in [2.45, 2.75) is 33.7 Å². The number of nitrogens with one attached hydrogen (secondary N) is 1. The highest BCUT2D eigenvalue weighted by Gasteiger charge is 2.11. The second kappa shape index (κ2) is 5.68. The Morgan fingerprint density at radius 3 is 2.83 bits per heavy atom. The van der Waals surface area contributed by atoms with Crippen LogP contribution in [-0.2, 0) is 6.54 Å². The molecule has 96 valence electrons. The number of hydrogen-bond donors (Lipinski definition) is 1. The van der Waals surface area contributed by atoms with Crippen LogP contribution in [0, 0.1) is 13.8 Å². The fraction of sp³-hybridized carbons (Fsp3) is 0.500. The summed E-state index contributed by atoms with van der Waals surface area (Å²) < 4.78 is 1.76. The highest BCUT2D eigenvalue weighted by Crippen LogP contribution is 2.11. The van der Waals surface area contributed by atoms with Gasteiger partial charge in [0.2, 0.25) is 0 Å². The molecule has 2 aromatic rings. The van der Waals surface area contributed by atoms with Gasteiger partial charge in [-0.3, -0.25) is 0 Å². The third-order valence-electron chi connectivity index (χ3n) is 2.58. The van der Waals surface area contributed by atoms with E-state index in [4.69, 9.17) is 0 Å². The van der Waals surface area contributed by atoms with E-state index in [0.717, 1.165) is 42.5 Å². The van der Waals surface area contributed by atoms with Crippen molar-refractivity contribution in [2.24, 2.45) is 0 Å². The standard InChI is InChI=1S/C12H18N6/c1-4-5-13-6-11-7-14-8-15-12(11)18-10(3)16-9(2)17-18/h7-8,13H,4-6H2,1-3H3. The molecule has 0 bridgehead atoms. The van der Waals surface area contributed by atoms with Gasteiger partial charge in [-0.2, -0.15) is 4.68 Å². The first-order valence-corrected chi connectivity index (χ1v) is 6.12. The van der Waals surface area contributed by atoms with Crippen molar-refractivity contribution in [3.05, 3.63) is 29.7 Å². The van der Waals surface area contributed by atoms with E-state index < -0.39 is 0 Å². The summed E-state index contributed by atoms with van der Waals surface area (Å²) in [5, 5.41) is 7.70. The van der Waals surface area contributed by atoms with Crippen LogP contribution in [0.3, 0.4) is 0 Å². The lowest BCUT2D eigenvalue weighted by atomic mass is 10.3. The summed E-state index contributed by atoms with van der Waals surface area (Å²) >= 11 is 0. The first-order valence-electron chi connectivity index (χ1n) is 6.12. The van der Waals surface area contributed by atoms with Gasteiger partial charge in [0.1, 0.15) is 18.0 Å². The fourth-order valence-corrected chi connectivity index (χ4v) is 1.79. The molecular weight excluding hydrogens is 228 g/mol. The average Bonchev–Trinajstić information content (AvgIpc) is 2.69. The Morgan fingerprint density at radius 1 is 1.33 bits per heavy atom. The van der Waals surface area contributed by atoms with E-state index in [1.165, 1.54) is 6.33 Å². The monoisotopic (exact) mass is 246 g/mol. The molecule has 0 saturated carbocycles. The molecule has 0 aliphatic rings. The zero-order valence-corrected chi connectivity index (χ0v) is 11.0. The van der Waals surface area contributed by atoms with Gasteiger partial charge in [0.25, 0.3) is 0 Å². The largest absolute Gasteiger partial charge is 0.312 e. The molecule has 0 aliphatic heterocycles. The molecular formula is C12H18N6. The molecule has 1 N–H and O–H groups in total. The molecule has 0 radical (unpaired) electrons. The number of aromatic nitrogens is 5.